The van der Waals surface area contributed by atoms with Crippen molar-refractivity contribution >= 4 is 5.69 Å². The van der Waals surface area contributed by atoms with Gasteiger partial charge in [-0.1, -0.05) is 12.1 Å². The predicted molar refractivity (Wildman–Crippen MR) is 54.3 cm³/mol. The Morgan fingerprint density at radius 1 is 1.54 bits per heavy atom. The molecular weight excluding hydrogens is 164 g/mol. The Morgan fingerprint density at radius 3 is 2.77 bits per heavy atom. The molecule has 1 rings (SSSR count). The summed E-state index contributed by atoms with van der Waals surface area (Å²) in [7, 11) is 0. The highest BCUT2D eigenvalue weighted by Gasteiger charge is 2.08. The summed E-state index contributed by atoms with van der Waals surface area (Å²) in [6, 6.07) is 4.74. The van der Waals surface area contributed by atoms with Crippen LogP contribution in [0.2, 0.25) is 0 Å². The molecule has 1 aromatic rings. The number of anilines is 1. The van der Waals surface area contributed by atoms with Crippen molar-refractivity contribution in [3.05, 3.63) is 36.4 Å². The number of hydrogen-bond acceptors (Lipinski definition) is 3. The van der Waals surface area contributed by atoms with Crippen LogP contribution in [0.15, 0.2) is 30.9 Å². The lowest BCUT2D eigenvalue weighted by molar-refractivity contribution is 0.462. The number of aromatic hydroxyl groups is 1. The molecule has 0 amide bonds. The molecule has 13 heavy (non-hydrogen) atoms. The molecule has 5 N–H and O–H groups in total. The maximum Gasteiger partial charge on any atom is 0.122 e. The summed E-state index contributed by atoms with van der Waals surface area (Å²) in [5.41, 5.74) is 12.5. The third-order valence-electron chi connectivity index (χ3n) is 1.87. The van der Waals surface area contributed by atoms with Crippen LogP contribution in [0.5, 0.6) is 5.75 Å². The fraction of sp³-hybridized carbons (Fsp3) is 0.200. The number of benzene rings is 1. The molecule has 0 spiro atoms. The Labute approximate surface area is 77.7 Å². The SMILES string of the molecule is C=CCC(N)c1ccc(N)cc1O. The predicted octanol–water partition coefficient (Wildman–Crippen LogP) is 1.55. The molecule has 0 fully saturated rings. The summed E-state index contributed by atoms with van der Waals surface area (Å²) >= 11 is 0. The molecule has 1 unspecified atom stereocenters. The van der Waals surface area contributed by atoms with E-state index in [1.807, 2.05) is 0 Å². The van der Waals surface area contributed by atoms with Crippen LogP contribution >= 0.6 is 0 Å². The van der Waals surface area contributed by atoms with E-state index in [1.54, 1.807) is 18.2 Å². The van der Waals surface area contributed by atoms with Gasteiger partial charge in [-0.25, -0.2) is 0 Å². The molecule has 70 valence electrons. The van der Waals surface area contributed by atoms with Gasteiger partial charge < -0.3 is 16.6 Å². The Hall–Kier alpha value is -1.48. The van der Waals surface area contributed by atoms with E-state index >= 15 is 0 Å². The maximum absolute atomic E-state index is 9.49. The van der Waals surface area contributed by atoms with E-state index in [4.69, 9.17) is 11.5 Å². The van der Waals surface area contributed by atoms with E-state index in [0.29, 0.717) is 17.7 Å². The highest BCUT2D eigenvalue weighted by molar-refractivity contribution is 5.48. The summed E-state index contributed by atoms with van der Waals surface area (Å²) in [6.07, 6.45) is 2.36. The van der Waals surface area contributed by atoms with E-state index in [-0.39, 0.29) is 11.8 Å². The van der Waals surface area contributed by atoms with E-state index < -0.39 is 0 Å². The largest absolute Gasteiger partial charge is 0.508 e. The van der Waals surface area contributed by atoms with Gasteiger partial charge in [-0.3, -0.25) is 0 Å². The first kappa shape index (κ1) is 9.61. The molecule has 0 aliphatic rings. The molecule has 0 aliphatic carbocycles. The molecule has 3 heteroatoms. The normalized spacial score (nSPS) is 12.4. The summed E-state index contributed by atoms with van der Waals surface area (Å²) in [6.45, 7) is 3.59. The van der Waals surface area contributed by atoms with Crippen LogP contribution in [0.3, 0.4) is 0 Å². The van der Waals surface area contributed by atoms with Crippen molar-refractivity contribution in [2.24, 2.45) is 5.73 Å². The van der Waals surface area contributed by atoms with Crippen LogP contribution in [0, 0.1) is 0 Å². The number of phenols is 1. The molecule has 0 heterocycles. The van der Waals surface area contributed by atoms with Crippen LogP contribution in [-0.2, 0) is 0 Å². The van der Waals surface area contributed by atoms with E-state index in [1.165, 1.54) is 6.07 Å². The van der Waals surface area contributed by atoms with Gasteiger partial charge in [-0.2, -0.15) is 0 Å². The minimum atomic E-state index is -0.210. The molecule has 0 radical (unpaired) electrons. The molecule has 1 atom stereocenters. The molecule has 0 saturated heterocycles. The van der Waals surface area contributed by atoms with E-state index in [0.717, 1.165) is 0 Å². The van der Waals surface area contributed by atoms with Crippen molar-refractivity contribution < 1.29 is 5.11 Å². The van der Waals surface area contributed by atoms with Crippen LogP contribution in [0.1, 0.15) is 18.0 Å². The third-order valence-corrected chi connectivity index (χ3v) is 1.87. The zero-order chi connectivity index (χ0) is 9.84. The van der Waals surface area contributed by atoms with Crippen molar-refractivity contribution in [3.63, 3.8) is 0 Å². The van der Waals surface area contributed by atoms with Gasteiger partial charge in [0.2, 0.25) is 0 Å². The first-order valence-electron chi connectivity index (χ1n) is 4.10. The van der Waals surface area contributed by atoms with Crippen molar-refractivity contribution in [1.82, 2.24) is 0 Å². The van der Waals surface area contributed by atoms with E-state index in [9.17, 15) is 5.11 Å². The molecule has 1 aromatic carbocycles. The zero-order valence-corrected chi connectivity index (χ0v) is 7.40. The Bertz CT molecular complexity index is 310. The second-order valence-electron chi connectivity index (χ2n) is 2.95. The summed E-state index contributed by atoms with van der Waals surface area (Å²) in [5.74, 6) is 0.148. The first-order chi connectivity index (χ1) is 6.15. The lowest BCUT2D eigenvalue weighted by Gasteiger charge is -2.11. The van der Waals surface area contributed by atoms with Gasteiger partial charge in [0, 0.05) is 23.4 Å². The summed E-state index contributed by atoms with van der Waals surface area (Å²) in [5, 5.41) is 9.49. The quantitative estimate of drug-likeness (QED) is 0.485. The van der Waals surface area contributed by atoms with Crippen molar-refractivity contribution in [1.29, 1.82) is 0 Å². The summed E-state index contributed by atoms with van der Waals surface area (Å²) < 4.78 is 0. The smallest absolute Gasteiger partial charge is 0.122 e. The number of nitrogens with two attached hydrogens (primary N) is 2. The summed E-state index contributed by atoms with van der Waals surface area (Å²) in [4.78, 5) is 0. The van der Waals surface area contributed by atoms with Gasteiger partial charge in [0.15, 0.2) is 0 Å². The third kappa shape index (κ3) is 2.23. The molecular formula is C10H14N2O. The minimum Gasteiger partial charge on any atom is -0.508 e. The van der Waals surface area contributed by atoms with Crippen LogP contribution in [-0.4, -0.2) is 5.11 Å². The second kappa shape index (κ2) is 3.96. The zero-order valence-electron chi connectivity index (χ0n) is 7.40. The molecule has 0 aliphatic heterocycles. The Morgan fingerprint density at radius 2 is 2.23 bits per heavy atom. The highest BCUT2D eigenvalue weighted by Crippen LogP contribution is 2.26. The van der Waals surface area contributed by atoms with Crippen LogP contribution in [0.25, 0.3) is 0 Å². The van der Waals surface area contributed by atoms with Crippen LogP contribution < -0.4 is 11.5 Å². The average Bonchev–Trinajstić information content (AvgIpc) is 2.04. The lowest BCUT2D eigenvalue weighted by atomic mass is 10.0. The Kier molecular flexibility index (Phi) is 2.93. The Balaban J connectivity index is 2.94. The fourth-order valence-corrected chi connectivity index (χ4v) is 1.18. The van der Waals surface area contributed by atoms with Gasteiger partial charge in [0.25, 0.3) is 0 Å². The van der Waals surface area contributed by atoms with Gasteiger partial charge in [0.05, 0.1) is 0 Å². The highest BCUT2D eigenvalue weighted by atomic mass is 16.3. The number of hydrogen-bond donors (Lipinski definition) is 3. The number of rotatable bonds is 3. The monoisotopic (exact) mass is 178 g/mol. The number of phenolic OH excluding ortho intramolecular Hbond substituents is 1. The van der Waals surface area contributed by atoms with Crippen LogP contribution in [0.4, 0.5) is 5.69 Å². The molecule has 3 nitrogen and oxygen atoms in total. The van der Waals surface area contributed by atoms with Gasteiger partial charge in [-0.15, -0.1) is 6.58 Å². The topological polar surface area (TPSA) is 72.3 Å². The van der Waals surface area contributed by atoms with Crippen molar-refractivity contribution in [2.75, 3.05) is 5.73 Å². The van der Waals surface area contributed by atoms with E-state index in [2.05, 4.69) is 6.58 Å². The molecule has 0 aromatic heterocycles. The first-order valence-corrected chi connectivity index (χ1v) is 4.10. The van der Waals surface area contributed by atoms with Crippen molar-refractivity contribution in [2.45, 2.75) is 12.5 Å². The number of nitrogen functional groups attached to an aromatic ring is 1. The average molecular weight is 178 g/mol. The lowest BCUT2D eigenvalue weighted by Crippen LogP contribution is -2.09. The van der Waals surface area contributed by atoms with Gasteiger partial charge in [0.1, 0.15) is 5.75 Å². The van der Waals surface area contributed by atoms with Gasteiger partial charge >= 0.3 is 0 Å². The molecule has 0 bridgehead atoms. The minimum absolute atomic E-state index is 0.148. The second-order valence-corrected chi connectivity index (χ2v) is 2.95. The molecule has 0 saturated carbocycles. The van der Waals surface area contributed by atoms with Crippen molar-refractivity contribution in [3.8, 4) is 5.75 Å². The standard InChI is InChI=1S/C10H14N2O/c1-2-3-9(12)8-5-4-7(11)6-10(8)13/h2,4-6,9,13H,1,3,11-12H2. The van der Waals surface area contributed by atoms with Gasteiger partial charge in [-0.05, 0) is 12.5 Å². The maximum atomic E-state index is 9.49. The fourth-order valence-electron chi connectivity index (χ4n) is 1.18.